The number of nitriles is 1. The number of aromatic nitrogens is 1. The monoisotopic (exact) mass is 259 g/mol. The third-order valence-electron chi connectivity index (χ3n) is 2.20. The van der Waals surface area contributed by atoms with Gasteiger partial charge in [0.05, 0.1) is 11.0 Å². The number of benzene rings is 1. The molecule has 0 amide bonds. The Hall–Kier alpha value is -3.01. The van der Waals surface area contributed by atoms with Crippen LogP contribution in [0.15, 0.2) is 36.5 Å². The van der Waals surface area contributed by atoms with Gasteiger partial charge in [0, 0.05) is 18.3 Å². The van der Waals surface area contributed by atoms with Crippen LogP contribution >= 0.6 is 0 Å². The van der Waals surface area contributed by atoms with Gasteiger partial charge in [-0.05, 0) is 12.1 Å². The van der Waals surface area contributed by atoms with Crippen molar-refractivity contribution in [3.05, 3.63) is 58.2 Å². The molecule has 1 aromatic carbocycles. The number of hydrogen-bond donors (Lipinski definition) is 0. The minimum atomic E-state index is -0.857. The van der Waals surface area contributed by atoms with E-state index in [9.17, 15) is 14.5 Å². The molecule has 0 saturated heterocycles. The maximum absolute atomic E-state index is 13.6. The van der Waals surface area contributed by atoms with Crippen molar-refractivity contribution in [3.63, 3.8) is 0 Å². The molecule has 0 unspecified atom stereocenters. The molecule has 0 aliphatic heterocycles. The SMILES string of the molecule is N#Cc1cc(Oc2ccc([N+](=O)[O-])cc2F)ccn1. The lowest BCUT2D eigenvalue weighted by molar-refractivity contribution is -0.385. The Morgan fingerprint density at radius 1 is 1.37 bits per heavy atom. The van der Waals surface area contributed by atoms with Crippen molar-refractivity contribution >= 4 is 5.69 Å². The highest BCUT2D eigenvalue weighted by Crippen LogP contribution is 2.27. The zero-order valence-corrected chi connectivity index (χ0v) is 9.41. The van der Waals surface area contributed by atoms with Gasteiger partial charge in [0.25, 0.3) is 5.69 Å². The van der Waals surface area contributed by atoms with E-state index >= 15 is 0 Å². The van der Waals surface area contributed by atoms with Crippen LogP contribution in [0.2, 0.25) is 0 Å². The van der Waals surface area contributed by atoms with Gasteiger partial charge in [-0.25, -0.2) is 9.37 Å². The average molecular weight is 259 g/mol. The number of nitro benzene ring substituents is 1. The second kappa shape index (κ2) is 5.10. The molecule has 0 aliphatic carbocycles. The summed E-state index contributed by atoms with van der Waals surface area (Å²) in [5.41, 5.74) is -0.239. The van der Waals surface area contributed by atoms with Crippen LogP contribution in [0.4, 0.5) is 10.1 Å². The number of non-ortho nitro benzene ring substituents is 1. The highest BCUT2D eigenvalue weighted by atomic mass is 19.1. The molecule has 7 heteroatoms. The van der Waals surface area contributed by atoms with Crippen LogP contribution in [-0.2, 0) is 0 Å². The molecule has 6 nitrogen and oxygen atoms in total. The fourth-order valence-electron chi connectivity index (χ4n) is 1.35. The lowest BCUT2D eigenvalue weighted by atomic mass is 10.3. The van der Waals surface area contributed by atoms with Crippen molar-refractivity contribution in [1.29, 1.82) is 5.26 Å². The van der Waals surface area contributed by atoms with E-state index in [4.69, 9.17) is 10.00 Å². The molecule has 2 rings (SSSR count). The molecule has 0 atom stereocenters. The summed E-state index contributed by atoms with van der Waals surface area (Å²) in [5, 5.41) is 19.1. The maximum Gasteiger partial charge on any atom is 0.272 e. The van der Waals surface area contributed by atoms with E-state index in [0.717, 1.165) is 18.2 Å². The van der Waals surface area contributed by atoms with Gasteiger partial charge in [-0.2, -0.15) is 5.26 Å². The van der Waals surface area contributed by atoms with Crippen LogP contribution in [0.5, 0.6) is 11.5 Å². The Bertz CT molecular complexity index is 682. The van der Waals surface area contributed by atoms with Crippen molar-refractivity contribution in [1.82, 2.24) is 4.98 Å². The molecule has 0 aliphatic rings. The first kappa shape index (κ1) is 12.4. The third-order valence-corrected chi connectivity index (χ3v) is 2.20. The molecule has 1 aromatic heterocycles. The lowest BCUT2D eigenvalue weighted by Gasteiger charge is -2.06. The normalized spacial score (nSPS) is 9.68. The summed E-state index contributed by atoms with van der Waals surface area (Å²) in [5.74, 6) is -0.801. The van der Waals surface area contributed by atoms with Gasteiger partial charge in [-0.1, -0.05) is 0 Å². The molecule has 2 aromatic rings. The highest BCUT2D eigenvalue weighted by Gasteiger charge is 2.12. The highest BCUT2D eigenvalue weighted by molar-refractivity contribution is 5.40. The summed E-state index contributed by atoms with van der Waals surface area (Å²) in [6.45, 7) is 0. The average Bonchev–Trinajstić information content (AvgIpc) is 2.41. The van der Waals surface area contributed by atoms with Gasteiger partial charge >= 0.3 is 0 Å². The minimum Gasteiger partial charge on any atom is -0.454 e. The largest absolute Gasteiger partial charge is 0.454 e. The molecule has 0 spiro atoms. The summed E-state index contributed by atoms with van der Waals surface area (Å²) < 4.78 is 18.8. The van der Waals surface area contributed by atoms with E-state index in [2.05, 4.69) is 4.98 Å². The topological polar surface area (TPSA) is 89.0 Å². The first-order valence-electron chi connectivity index (χ1n) is 5.08. The molecule has 19 heavy (non-hydrogen) atoms. The number of hydrogen-bond acceptors (Lipinski definition) is 5. The molecule has 0 radical (unpaired) electrons. The van der Waals surface area contributed by atoms with Gasteiger partial charge in [0.2, 0.25) is 0 Å². The van der Waals surface area contributed by atoms with Gasteiger partial charge < -0.3 is 4.74 Å². The van der Waals surface area contributed by atoms with E-state index in [-0.39, 0.29) is 22.9 Å². The summed E-state index contributed by atoms with van der Waals surface area (Å²) in [6, 6.07) is 7.65. The number of nitrogens with zero attached hydrogens (tertiary/aromatic N) is 3. The second-order valence-corrected chi connectivity index (χ2v) is 3.46. The molecule has 0 N–H and O–H groups in total. The van der Waals surface area contributed by atoms with Crippen molar-refractivity contribution in [2.75, 3.05) is 0 Å². The summed E-state index contributed by atoms with van der Waals surface area (Å²) in [6.07, 6.45) is 1.34. The zero-order valence-electron chi connectivity index (χ0n) is 9.41. The van der Waals surface area contributed by atoms with Crippen LogP contribution in [0, 0.1) is 27.3 Å². The quantitative estimate of drug-likeness (QED) is 0.624. The molecule has 0 saturated carbocycles. The number of ether oxygens (including phenoxy) is 1. The van der Waals surface area contributed by atoms with Gasteiger partial charge in [-0.3, -0.25) is 10.1 Å². The van der Waals surface area contributed by atoms with E-state index < -0.39 is 10.7 Å². The summed E-state index contributed by atoms with van der Waals surface area (Å²) in [7, 11) is 0. The lowest BCUT2D eigenvalue weighted by Crippen LogP contribution is -1.93. The number of pyridine rings is 1. The molecule has 0 bridgehead atoms. The van der Waals surface area contributed by atoms with Crippen LogP contribution in [0.25, 0.3) is 0 Å². The third kappa shape index (κ3) is 2.81. The van der Waals surface area contributed by atoms with Gasteiger partial charge in [0.1, 0.15) is 17.5 Å². The van der Waals surface area contributed by atoms with Crippen molar-refractivity contribution in [2.24, 2.45) is 0 Å². The van der Waals surface area contributed by atoms with Crippen LogP contribution in [0.3, 0.4) is 0 Å². The van der Waals surface area contributed by atoms with E-state index in [1.807, 2.05) is 6.07 Å². The fraction of sp³-hybridized carbons (Fsp3) is 0. The zero-order chi connectivity index (χ0) is 13.8. The Morgan fingerprint density at radius 2 is 2.16 bits per heavy atom. The molecular weight excluding hydrogens is 253 g/mol. The van der Waals surface area contributed by atoms with Gasteiger partial charge in [0.15, 0.2) is 11.6 Å². The summed E-state index contributed by atoms with van der Waals surface area (Å²) in [4.78, 5) is 13.5. The fourth-order valence-corrected chi connectivity index (χ4v) is 1.35. The second-order valence-electron chi connectivity index (χ2n) is 3.46. The van der Waals surface area contributed by atoms with Crippen molar-refractivity contribution in [2.45, 2.75) is 0 Å². The first-order valence-corrected chi connectivity index (χ1v) is 5.08. The minimum absolute atomic E-state index is 0.125. The van der Waals surface area contributed by atoms with Gasteiger partial charge in [-0.15, -0.1) is 0 Å². The predicted octanol–water partition coefficient (Wildman–Crippen LogP) is 2.79. The maximum atomic E-state index is 13.6. The summed E-state index contributed by atoms with van der Waals surface area (Å²) >= 11 is 0. The predicted molar refractivity (Wildman–Crippen MR) is 62.1 cm³/mol. The molecular formula is C12H6FN3O3. The smallest absolute Gasteiger partial charge is 0.272 e. The van der Waals surface area contributed by atoms with E-state index in [0.29, 0.717) is 0 Å². The van der Waals surface area contributed by atoms with Crippen LogP contribution in [-0.4, -0.2) is 9.91 Å². The first-order chi connectivity index (χ1) is 9.10. The number of halogens is 1. The van der Waals surface area contributed by atoms with E-state index in [1.165, 1.54) is 18.3 Å². The van der Waals surface area contributed by atoms with Crippen molar-refractivity contribution < 1.29 is 14.1 Å². The Kier molecular flexibility index (Phi) is 3.34. The van der Waals surface area contributed by atoms with Crippen molar-refractivity contribution in [3.8, 4) is 17.6 Å². The Labute approximate surface area is 106 Å². The molecule has 0 fully saturated rings. The van der Waals surface area contributed by atoms with Crippen LogP contribution in [0.1, 0.15) is 5.69 Å². The number of nitro groups is 1. The molecule has 94 valence electrons. The van der Waals surface area contributed by atoms with E-state index in [1.54, 1.807) is 0 Å². The number of rotatable bonds is 3. The standard InChI is InChI=1S/C12H6FN3O3/c13-11-6-9(16(17)18)1-2-12(11)19-10-3-4-15-8(5-10)7-14/h1-6H. The molecule has 1 heterocycles. The Balaban J connectivity index is 2.28. The Morgan fingerprint density at radius 3 is 2.79 bits per heavy atom. The van der Waals surface area contributed by atoms with Crippen LogP contribution < -0.4 is 4.74 Å².